The molecule has 0 saturated carbocycles. The monoisotopic (exact) mass is 481 g/mol. The van der Waals surface area contributed by atoms with Crippen molar-refractivity contribution >= 4 is 5.57 Å². The number of hydrogen-bond acceptors (Lipinski definition) is 0. The van der Waals surface area contributed by atoms with Crippen molar-refractivity contribution in [2.24, 2.45) is 5.92 Å². The molecule has 1 nitrogen and oxygen atoms in total. The molecule has 2 aliphatic heterocycles. The van der Waals surface area contributed by atoms with Crippen molar-refractivity contribution in [3.8, 4) is 0 Å². The molecule has 0 amide bonds. The molecule has 2 fully saturated rings. The molecule has 2 bridgehead atoms. The van der Waals surface area contributed by atoms with Crippen LogP contribution >= 0.6 is 0 Å². The fraction of sp³-hybridized carbons (Fsp3) is 0.391. The summed E-state index contributed by atoms with van der Waals surface area (Å²) in [5.74, 6) is 0.0488. The molecule has 0 N–H and O–H groups in total. The SMILES string of the molecule is C[N+]1(C)[C@@H]2CC[C@H]1CC(C=C(c1ccc(F)cc1)c1ccc(F)cc1)C2.[I-]. The first kappa shape index (κ1) is 20.5. The number of rotatable bonds is 3. The number of benzene rings is 2. The van der Waals surface area contributed by atoms with E-state index in [2.05, 4.69) is 20.2 Å². The topological polar surface area (TPSA) is 0 Å². The first-order valence-corrected chi connectivity index (χ1v) is 9.50. The summed E-state index contributed by atoms with van der Waals surface area (Å²) in [6.45, 7) is 0. The van der Waals surface area contributed by atoms with E-state index in [-0.39, 0.29) is 35.6 Å². The highest BCUT2D eigenvalue weighted by molar-refractivity contribution is 5.79. The molecule has 2 aromatic carbocycles. The molecule has 144 valence electrons. The first-order valence-electron chi connectivity index (χ1n) is 9.50. The Morgan fingerprint density at radius 1 is 0.815 bits per heavy atom. The zero-order valence-electron chi connectivity index (χ0n) is 15.8. The summed E-state index contributed by atoms with van der Waals surface area (Å²) in [5.41, 5.74) is 3.07. The summed E-state index contributed by atoms with van der Waals surface area (Å²) in [4.78, 5) is 0. The highest BCUT2D eigenvalue weighted by Gasteiger charge is 2.48. The highest BCUT2D eigenvalue weighted by atomic mass is 127. The normalized spacial score (nSPS) is 25.6. The van der Waals surface area contributed by atoms with E-state index in [0.717, 1.165) is 33.3 Å². The number of piperidine rings is 1. The van der Waals surface area contributed by atoms with E-state index < -0.39 is 0 Å². The number of quaternary nitrogens is 1. The van der Waals surface area contributed by atoms with Gasteiger partial charge in [0, 0.05) is 25.7 Å². The maximum absolute atomic E-state index is 13.4. The van der Waals surface area contributed by atoms with Crippen LogP contribution in [-0.4, -0.2) is 30.7 Å². The third kappa shape index (κ3) is 4.11. The average molecular weight is 481 g/mol. The first-order chi connectivity index (χ1) is 12.4. The van der Waals surface area contributed by atoms with Gasteiger partial charge in [-0.2, -0.15) is 0 Å². The maximum atomic E-state index is 13.4. The zero-order chi connectivity index (χ0) is 18.3. The lowest BCUT2D eigenvalue weighted by Gasteiger charge is -2.44. The lowest BCUT2D eigenvalue weighted by atomic mass is 9.85. The second-order valence-corrected chi connectivity index (χ2v) is 8.34. The van der Waals surface area contributed by atoms with Gasteiger partial charge in [-0.25, -0.2) is 8.78 Å². The molecular formula is C23H26F2IN. The molecule has 0 aliphatic carbocycles. The van der Waals surface area contributed by atoms with E-state index in [9.17, 15) is 8.78 Å². The molecule has 2 heterocycles. The van der Waals surface area contributed by atoms with Crippen molar-refractivity contribution in [3.05, 3.63) is 77.4 Å². The van der Waals surface area contributed by atoms with Gasteiger partial charge in [-0.05, 0) is 46.9 Å². The Bertz CT molecular complexity index is 748. The Morgan fingerprint density at radius 3 is 1.63 bits per heavy atom. The van der Waals surface area contributed by atoms with Crippen molar-refractivity contribution < 1.29 is 37.2 Å². The predicted octanol–water partition coefficient (Wildman–Crippen LogP) is 2.42. The van der Waals surface area contributed by atoms with Crippen LogP contribution in [0.3, 0.4) is 0 Å². The fourth-order valence-corrected chi connectivity index (χ4v) is 4.91. The Labute approximate surface area is 177 Å². The van der Waals surface area contributed by atoms with E-state index in [1.165, 1.54) is 49.9 Å². The predicted molar refractivity (Wildman–Crippen MR) is 102 cm³/mol. The molecular weight excluding hydrogens is 455 g/mol. The molecule has 4 heteroatoms. The highest BCUT2D eigenvalue weighted by Crippen LogP contribution is 2.43. The van der Waals surface area contributed by atoms with Gasteiger partial charge in [0.2, 0.25) is 0 Å². The van der Waals surface area contributed by atoms with Crippen LogP contribution in [0.4, 0.5) is 8.78 Å². The summed E-state index contributed by atoms with van der Waals surface area (Å²) in [7, 11) is 4.73. The van der Waals surface area contributed by atoms with Gasteiger partial charge >= 0.3 is 0 Å². The minimum Gasteiger partial charge on any atom is -1.00 e. The van der Waals surface area contributed by atoms with Crippen molar-refractivity contribution in [2.75, 3.05) is 14.1 Å². The Morgan fingerprint density at radius 2 is 1.22 bits per heavy atom. The second kappa shape index (κ2) is 8.00. The van der Waals surface area contributed by atoms with Crippen LogP contribution in [-0.2, 0) is 0 Å². The molecule has 0 aromatic heterocycles. The number of halogens is 3. The molecule has 27 heavy (non-hydrogen) atoms. The Kier molecular flexibility index (Phi) is 6.06. The van der Waals surface area contributed by atoms with Crippen LogP contribution in [0.15, 0.2) is 54.6 Å². The van der Waals surface area contributed by atoms with E-state index in [0.29, 0.717) is 5.92 Å². The van der Waals surface area contributed by atoms with Crippen molar-refractivity contribution in [1.82, 2.24) is 0 Å². The third-order valence-electron chi connectivity index (χ3n) is 6.58. The van der Waals surface area contributed by atoms with E-state index in [4.69, 9.17) is 0 Å². The summed E-state index contributed by atoms with van der Waals surface area (Å²) in [6, 6.07) is 14.7. The number of hydrogen-bond donors (Lipinski definition) is 0. The van der Waals surface area contributed by atoms with Crippen LogP contribution in [0.25, 0.3) is 5.57 Å². The largest absolute Gasteiger partial charge is 1.00 e. The molecule has 0 spiro atoms. The Balaban J connectivity index is 0.00000210. The number of fused-ring (bicyclic) bond motifs is 2. The van der Waals surface area contributed by atoms with E-state index >= 15 is 0 Å². The summed E-state index contributed by atoms with van der Waals surface area (Å²) < 4.78 is 27.9. The van der Waals surface area contributed by atoms with Gasteiger partial charge in [0.1, 0.15) is 11.6 Å². The van der Waals surface area contributed by atoms with Crippen molar-refractivity contribution in [1.29, 1.82) is 0 Å². The van der Waals surface area contributed by atoms with Crippen LogP contribution in [0.1, 0.15) is 36.8 Å². The number of nitrogens with zero attached hydrogens (tertiary/aromatic N) is 1. The Hall–Kier alpha value is -1.27. The minimum absolute atomic E-state index is 0. The smallest absolute Gasteiger partial charge is 0.123 e. The summed E-state index contributed by atoms with van der Waals surface area (Å²) in [5, 5.41) is 0. The van der Waals surface area contributed by atoms with Gasteiger partial charge < -0.3 is 28.5 Å². The van der Waals surface area contributed by atoms with Crippen LogP contribution in [0, 0.1) is 17.6 Å². The van der Waals surface area contributed by atoms with E-state index in [1.54, 1.807) is 0 Å². The molecule has 2 saturated heterocycles. The molecule has 2 aliphatic rings. The van der Waals surface area contributed by atoms with Gasteiger partial charge in [0.15, 0.2) is 0 Å². The minimum atomic E-state index is -0.234. The van der Waals surface area contributed by atoms with Gasteiger partial charge in [-0.15, -0.1) is 0 Å². The van der Waals surface area contributed by atoms with Gasteiger partial charge in [0.05, 0.1) is 26.2 Å². The summed E-state index contributed by atoms with van der Waals surface area (Å²) in [6.07, 6.45) is 7.35. The molecule has 3 atom stereocenters. The van der Waals surface area contributed by atoms with Crippen LogP contribution in [0.2, 0.25) is 0 Å². The average Bonchev–Trinajstić information content (AvgIpc) is 2.78. The standard InChI is InChI=1S/C23H26F2N.HI/c1-26(2)21-11-12-22(26)14-16(13-21)15-23(17-3-7-19(24)8-4-17)18-5-9-20(25)10-6-18;/h3-10,15-16,21-22H,11-14H2,1-2H3;1H/q+1;/p-1/t16?,21-,22+;. The lowest BCUT2D eigenvalue weighted by molar-refractivity contribution is -0.931. The van der Waals surface area contributed by atoms with Gasteiger partial charge in [-0.3, -0.25) is 0 Å². The van der Waals surface area contributed by atoms with E-state index in [1.807, 2.05) is 24.3 Å². The van der Waals surface area contributed by atoms with Gasteiger partial charge in [-0.1, -0.05) is 30.3 Å². The second-order valence-electron chi connectivity index (χ2n) is 8.34. The van der Waals surface area contributed by atoms with Crippen molar-refractivity contribution in [3.63, 3.8) is 0 Å². The van der Waals surface area contributed by atoms with Crippen molar-refractivity contribution in [2.45, 2.75) is 37.8 Å². The fourth-order valence-electron chi connectivity index (χ4n) is 4.91. The summed E-state index contributed by atoms with van der Waals surface area (Å²) >= 11 is 0. The number of allylic oxidation sites excluding steroid dienone is 1. The molecule has 4 rings (SSSR count). The van der Waals surface area contributed by atoms with Gasteiger partial charge in [0.25, 0.3) is 0 Å². The molecule has 2 aromatic rings. The molecule has 0 radical (unpaired) electrons. The quantitative estimate of drug-likeness (QED) is 0.467. The third-order valence-corrected chi connectivity index (χ3v) is 6.58. The van der Waals surface area contributed by atoms with Crippen LogP contribution < -0.4 is 24.0 Å². The van der Waals surface area contributed by atoms with Crippen LogP contribution in [0.5, 0.6) is 0 Å². The molecule has 1 unspecified atom stereocenters. The maximum Gasteiger partial charge on any atom is 0.123 e. The zero-order valence-corrected chi connectivity index (χ0v) is 18.0. The lowest BCUT2D eigenvalue weighted by Crippen LogP contribution is -3.00.